The molecule has 0 saturated carbocycles. The minimum atomic E-state index is 0.329. The van der Waals surface area contributed by atoms with Gasteiger partial charge in [-0.3, -0.25) is 0 Å². The topological polar surface area (TPSA) is 38.0 Å². The largest absolute Gasteiger partial charge is 0.330 e. The summed E-state index contributed by atoms with van der Waals surface area (Å²) in [5, 5.41) is 3.57. The summed E-state index contributed by atoms with van der Waals surface area (Å²) in [6, 6.07) is 0.537. The molecule has 2 unspecified atom stereocenters. The molecule has 0 spiro atoms. The monoisotopic (exact) mass is 200 g/mol. The molecular weight excluding hydrogens is 172 g/mol. The van der Waals surface area contributed by atoms with Gasteiger partial charge in [0.2, 0.25) is 0 Å². The Morgan fingerprint density at radius 1 is 1.14 bits per heavy atom. The zero-order valence-electron chi connectivity index (χ0n) is 10.7. The van der Waals surface area contributed by atoms with Crippen LogP contribution in [0.5, 0.6) is 0 Å². The maximum absolute atomic E-state index is 5.73. The van der Waals surface area contributed by atoms with Gasteiger partial charge in [0.25, 0.3) is 0 Å². The van der Waals surface area contributed by atoms with Crippen LogP contribution in [0.25, 0.3) is 0 Å². The Morgan fingerprint density at radius 2 is 1.64 bits per heavy atom. The molecule has 0 saturated heterocycles. The predicted molar refractivity (Wildman–Crippen MR) is 64.3 cm³/mol. The number of rotatable bonds is 5. The first kappa shape index (κ1) is 13.9. The molecule has 0 heterocycles. The highest BCUT2D eigenvalue weighted by Crippen LogP contribution is 2.19. The Labute approximate surface area is 89.6 Å². The summed E-state index contributed by atoms with van der Waals surface area (Å²) in [6.07, 6.45) is 0. The van der Waals surface area contributed by atoms with E-state index in [1.165, 1.54) is 0 Å². The van der Waals surface area contributed by atoms with Gasteiger partial charge in [-0.05, 0) is 37.3 Å². The molecule has 0 amide bonds. The summed E-state index contributed by atoms with van der Waals surface area (Å²) in [7, 11) is 0. The van der Waals surface area contributed by atoms with E-state index in [2.05, 4.69) is 46.9 Å². The molecule has 0 aromatic carbocycles. The minimum Gasteiger partial charge on any atom is -0.330 e. The molecule has 2 heteroatoms. The van der Waals surface area contributed by atoms with Gasteiger partial charge in [-0.2, -0.15) is 0 Å². The van der Waals surface area contributed by atoms with Crippen molar-refractivity contribution in [1.29, 1.82) is 0 Å². The van der Waals surface area contributed by atoms with Crippen molar-refractivity contribution in [3.63, 3.8) is 0 Å². The summed E-state index contributed by atoms with van der Waals surface area (Å²) in [4.78, 5) is 0. The Morgan fingerprint density at radius 3 is 1.93 bits per heavy atom. The van der Waals surface area contributed by atoms with Crippen molar-refractivity contribution in [2.45, 2.75) is 47.6 Å². The Bertz CT molecular complexity index is 145. The van der Waals surface area contributed by atoms with Crippen LogP contribution in [0.2, 0.25) is 0 Å². The first-order valence-corrected chi connectivity index (χ1v) is 5.72. The first-order chi connectivity index (χ1) is 6.29. The number of nitrogens with one attached hydrogen (secondary N) is 1. The van der Waals surface area contributed by atoms with E-state index in [-0.39, 0.29) is 0 Å². The van der Waals surface area contributed by atoms with Gasteiger partial charge in [-0.15, -0.1) is 0 Å². The summed E-state index contributed by atoms with van der Waals surface area (Å²) >= 11 is 0. The maximum atomic E-state index is 5.73. The van der Waals surface area contributed by atoms with Crippen molar-refractivity contribution < 1.29 is 0 Å². The highest BCUT2D eigenvalue weighted by Gasteiger charge is 2.21. The fourth-order valence-corrected chi connectivity index (χ4v) is 1.23. The van der Waals surface area contributed by atoms with Crippen LogP contribution in [0, 0.1) is 17.3 Å². The van der Waals surface area contributed by atoms with E-state index in [1.807, 2.05) is 0 Å². The third kappa shape index (κ3) is 4.97. The van der Waals surface area contributed by atoms with Gasteiger partial charge in [-0.1, -0.05) is 34.6 Å². The third-order valence-corrected chi connectivity index (χ3v) is 3.23. The second kappa shape index (κ2) is 5.72. The average molecular weight is 200 g/mol. The molecule has 2 atom stereocenters. The van der Waals surface area contributed by atoms with Crippen LogP contribution in [0.15, 0.2) is 0 Å². The molecule has 0 aliphatic rings. The van der Waals surface area contributed by atoms with Crippen LogP contribution in [0.1, 0.15) is 41.5 Å². The van der Waals surface area contributed by atoms with E-state index in [9.17, 15) is 0 Å². The quantitative estimate of drug-likeness (QED) is 0.714. The molecule has 0 fully saturated rings. The molecule has 0 bridgehead atoms. The van der Waals surface area contributed by atoms with E-state index in [4.69, 9.17) is 5.73 Å². The molecule has 0 aromatic rings. The lowest BCUT2D eigenvalue weighted by molar-refractivity contribution is 0.258. The number of hydrogen-bond donors (Lipinski definition) is 2. The molecule has 2 nitrogen and oxygen atoms in total. The summed E-state index contributed by atoms with van der Waals surface area (Å²) in [5.41, 5.74) is 6.06. The lowest BCUT2D eigenvalue weighted by atomic mass is 9.87. The highest BCUT2D eigenvalue weighted by molar-refractivity contribution is 4.78. The Balaban J connectivity index is 3.92. The highest BCUT2D eigenvalue weighted by atomic mass is 14.9. The smallest absolute Gasteiger partial charge is 0.00873 e. The van der Waals surface area contributed by atoms with Crippen LogP contribution < -0.4 is 11.1 Å². The lowest BCUT2D eigenvalue weighted by Crippen LogP contribution is -2.42. The van der Waals surface area contributed by atoms with Crippen molar-refractivity contribution in [2.24, 2.45) is 23.0 Å². The van der Waals surface area contributed by atoms with Crippen LogP contribution in [-0.2, 0) is 0 Å². The standard InChI is InChI=1S/C12H28N2/c1-9(2)11(7-13)8-14-10(3)12(4,5)6/h9-11,14H,7-8,13H2,1-6H3. The molecule has 86 valence electrons. The van der Waals surface area contributed by atoms with Gasteiger partial charge in [0.05, 0.1) is 0 Å². The Kier molecular flexibility index (Phi) is 5.68. The molecule has 0 aliphatic carbocycles. The van der Waals surface area contributed by atoms with Gasteiger partial charge < -0.3 is 11.1 Å². The van der Waals surface area contributed by atoms with Gasteiger partial charge in [0, 0.05) is 6.04 Å². The van der Waals surface area contributed by atoms with E-state index in [1.54, 1.807) is 0 Å². The average Bonchev–Trinajstić information content (AvgIpc) is 2.02. The molecule has 0 aromatic heterocycles. The lowest BCUT2D eigenvalue weighted by Gasteiger charge is -2.30. The molecule has 3 N–H and O–H groups in total. The number of nitrogens with two attached hydrogens (primary N) is 1. The third-order valence-electron chi connectivity index (χ3n) is 3.23. The van der Waals surface area contributed by atoms with Crippen LogP contribution in [0.4, 0.5) is 0 Å². The van der Waals surface area contributed by atoms with E-state index in [0.717, 1.165) is 13.1 Å². The SMILES string of the molecule is CC(C)C(CN)CNC(C)C(C)(C)C. The van der Waals surface area contributed by atoms with Crippen LogP contribution in [0.3, 0.4) is 0 Å². The van der Waals surface area contributed by atoms with Gasteiger partial charge in [0.15, 0.2) is 0 Å². The van der Waals surface area contributed by atoms with Crippen molar-refractivity contribution in [2.75, 3.05) is 13.1 Å². The van der Waals surface area contributed by atoms with Crippen LogP contribution in [-0.4, -0.2) is 19.1 Å². The van der Waals surface area contributed by atoms with Crippen molar-refractivity contribution in [1.82, 2.24) is 5.32 Å². The van der Waals surface area contributed by atoms with E-state index < -0.39 is 0 Å². The number of hydrogen-bond acceptors (Lipinski definition) is 2. The molecule has 0 radical (unpaired) electrons. The summed E-state index contributed by atoms with van der Waals surface area (Å²) in [5.74, 6) is 1.26. The van der Waals surface area contributed by atoms with Crippen molar-refractivity contribution in [3.05, 3.63) is 0 Å². The van der Waals surface area contributed by atoms with Gasteiger partial charge in [-0.25, -0.2) is 0 Å². The molecular formula is C12H28N2. The normalized spacial score (nSPS) is 17.1. The van der Waals surface area contributed by atoms with Gasteiger partial charge >= 0.3 is 0 Å². The van der Waals surface area contributed by atoms with Crippen molar-refractivity contribution in [3.8, 4) is 0 Å². The summed E-state index contributed by atoms with van der Waals surface area (Å²) < 4.78 is 0. The zero-order chi connectivity index (χ0) is 11.4. The summed E-state index contributed by atoms with van der Waals surface area (Å²) in [6.45, 7) is 15.3. The molecule has 14 heavy (non-hydrogen) atoms. The molecule has 0 aliphatic heterocycles. The van der Waals surface area contributed by atoms with E-state index >= 15 is 0 Å². The second-order valence-corrected chi connectivity index (χ2v) is 5.74. The second-order valence-electron chi connectivity index (χ2n) is 5.74. The van der Waals surface area contributed by atoms with Crippen LogP contribution >= 0.6 is 0 Å². The van der Waals surface area contributed by atoms with Crippen molar-refractivity contribution >= 4 is 0 Å². The minimum absolute atomic E-state index is 0.329. The Hall–Kier alpha value is -0.0800. The maximum Gasteiger partial charge on any atom is 0.00873 e. The fraction of sp³-hybridized carbons (Fsp3) is 1.00. The predicted octanol–water partition coefficient (Wildman–Crippen LogP) is 2.24. The zero-order valence-corrected chi connectivity index (χ0v) is 10.7. The van der Waals surface area contributed by atoms with Gasteiger partial charge in [0.1, 0.15) is 0 Å². The fourth-order valence-electron chi connectivity index (χ4n) is 1.23. The molecule has 0 rings (SSSR count). The van der Waals surface area contributed by atoms with E-state index in [0.29, 0.717) is 23.3 Å². The first-order valence-electron chi connectivity index (χ1n) is 5.72.